The second kappa shape index (κ2) is 6.93. The van der Waals surface area contributed by atoms with Crippen LogP contribution < -0.4 is 4.72 Å². The summed E-state index contributed by atoms with van der Waals surface area (Å²) in [4.78, 5) is -0.692. The van der Waals surface area contributed by atoms with E-state index in [1.807, 2.05) is 6.92 Å². The second-order valence-electron chi connectivity index (χ2n) is 4.40. The molecule has 0 radical (unpaired) electrons. The molecule has 108 valence electrons. The summed E-state index contributed by atoms with van der Waals surface area (Å²) in [5, 5.41) is 8.81. The number of hydrogen-bond acceptors (Lipinski definition) is 3. The number of halogens is 2. The summed E-state index contributed by atoms with van der Waals surface area (Å²) in [7, 11) is -4.05. The highest BCUT2D eigenvalue weighted by molar-refractivity contribution is 7.89. The number of rotatable bonds is 7. The SMILES string of the molecule is CC(CO)CCCNS(=O)(=O)c1cc(F)ccc1F. The summed E-state index contributed by atoms with van der Waals surface area (Å²) < 4.78 is 52.0. The van der Waals surface area contributed by atoms with E-state index in [4.69, 9.17) is 5.11 Å². The fourth-order valence-corrected chi connectivity index (χ4v) is 2.67. The van der Waals surface area contributed by atoms with Crippen molar-refractivity contribution in [3.63, 3.8) is 0 Å². The van der Waals surface area contributed by atoms with Crippen LogP contribution in [0.2, 0.25) is 0 Å². The highest BCUT2D eigenvalue weighted by atomic mass is 32.2. The molecule has 1 atom stereocenters. The standard InChI is InChI=1S/C12H17F2NO3S/c1-9(8-16)3-2-6-15-19(17,18)12-7-10(13)4-5-11(12)14/h4-5,7,9,15-16H,2-3,6,8H2,1H3. The zero-order valence-electron chi connectivity index (χ0n) is 10.6. The molecule has 0 fully saturated rings. The van der Waals surface area contributed by atoms with E-state index in [1.165, 1.54) is 0 Å². The van der Waals surface area contributed by atoms with Crippen LogP contribution >= 0.6 is 0 Å². The fraction of sp³-hybridized carbons (Fsp3) is 0.500. The van der Waals surface area contributed by atoms with Crippen LogP contribution in [0.1, 0.15) is 19.8 Å². The number of nitrogens with one attached hydrogen (secondary N) is 1. The first-order chi connectivity index (χ1) is 8.86. The van der Waals surface area contributed by atoms with Crippen molar-refractivity contribution in [1.82, 2.24) is 4.72 Å². The summed E-state index contributed by atoms with van der Waals surface area (Å²) in [6, 6.07) is 2.28. The van der Waals surface area contributed by atoms with E-state index in [1.54, 1.807) is 0 Å². The summed E-state index contributed by atoms with van der Waals surface area (Å²) in [5.41, 5.74) is 0. The third-order valence-electron chi connectivity index (χ3n) is 2.66. The number of aliphatic hydroxyl groups excluding tert-OH is 1. The first-order valence-electron chi connectivity index (χ1n) is 5.92. The van der Waals surface area contributed by atoms with Crippen LogP contribution in [-0.2, 0) is 10.0 Å². The molecular formula is C12H17F2NO3S. The quantitative estimate of drug-likeness (QED) is 0.751. The second-order valence-corrected chi connectivity index (χ2v) is 6.14. The highest BCUT2D eigenvalue weighted by Gasteiger charge is 2.19. The minimum absolute atomic E-state index is 0.0330. The third kappa shape index (κ3) is 4.85. The Hall–Kier alpha value is -1.05. The predicted molar refractivity (Wildman–Crippen MR) is 67.0 cm³/mol. The number of sulfonamides is 1. The number of benzene rings is 1. The van der Waals surface area contributed by atoms with Crippen molar-refractivity contribution >= 4 is 10.0 Å². The molecule has 2 N–H and O–H groups in total. The molecule has 0 bridgehead atoms. The van der Waals surface area contributed by atoms with Gasteiger partial charge in [-0.25, -0.2) is 21.9 Å². The molecule has 0 aromatic heterocycles. The Morgan fingerprint density at radius 1 is 1.37 bits per heavy atom. The molecule has 0 spiro atoms. The summed E-state index contributed by atoms with van der Waals surface area (Å²) >= 11 is 0. The van der Waals surface area contributed by atoms with Gasteiger partial charge in [0.15, 0.2) is 0 Å². The van der Waals surface area contributed by atoms with E-state index in [-0.39, 0.29) is 19.1 Å². The smallest absolute Gasteiger partial charge is 0.243 e. The Kier molecular flexibility index (Phi) is 5.84. The molecule has 4 nitrogen and oxygen atoms in total. The minimum atomic E-state index is -4.05. The van der Waals surface area contributed by atoms with E-state index >= 15 is 0 Å². The Labute approximate surface area is 111 Å². The number of hydrogen-bond donors (Lipinski definition) is 2. The largest absolute Gasteiger partial charge is 0.396 e. The minimum Gasteiger partial charge on any atom is -0.396 e. The van der Waals surface area contributed by atoms with Gasteiger partial charge in [0.25, 0.3) is 0 Å². The molecule has 0 aliphatic carbocycles. The molecule has 0 heterocycles. The molecule has 1 rings (SSSR count). The van der Waals surface area contributed by atoms with Crippen molar-refractivity contribution < 1.29 is 22.3 Å². The fourth-order valence-electron chi connectivity index (χ4n) is 1.51. The van der Waals surface area contributed by atoms with Gasteiger partial charge in [-0.05, 0) is 37.0 Å². The summed E-state index contributed by atoms with van der Waals surface area (Å²) in [6.07, 6.45) is 1.16. The van der Waals surface area contributed by atoms with Gasteiger partial charge < -0.3 is 5.11 Å². The van der Waals surface area contributed by atoms with E-state index < -0.39 is 26.6 Å². The van der Waals surface area contributed by atoms with Crippen molar-refractivity contribution in [3.05, 3.63) is 29.8 Å². The average Bonchev–Trinajstić information content (AvgIpc) is 2.37. The molecule has 1 aromatic rings. The Morgan fingerprint density at radius 2 is 2.05 bits per heavy atom. The highest BCUT2D eigenvalue weighted by Crippen LogP contribution is 2.15. The van der Waals surface area contributed by atoms with Crippen LogP contribution in [0.15, 0.2) is 23.1 Å². The molecule has 0 saturated heterocycles. The van der Waals surface area contributed by atoms with E-state index in [2.05, 4.69) is 4.72 Å². The van der Waals surface area contributed by atoms with E-state index in [0.717, 1.165) is 12.1 Å². The molecule has 0 aliphatic heterocycles. The lowest BCUT2D eigenvalue weighted by molar-refractivity contribution is 0.228. The van der Waals surface area contributed by atoms with Crippen LogP contribution in [0.3, 0.4) is 0 Å². The molecule has 1 unspecified atom stereocenters. The molecule has 7 heteroatoms. The van der Waals surface area contributed by atoms with Crippen molar-refractivity contribution in [1.29, 1.82) is 0 Å². The van der Waals surface area contributed by atoms with Gasteiger partial charge in [0.05, 0.1) is 0 Å². The van der Waals surface area contributed by atoms with Crippen LogP contribution in [-0.4, -0.2) is 26.7 Å². The maximum atomic E-state index is 13.3. The normalized spacial score (nSPS) is 13.5. The lowest BCUT2D eigenvalue weighted by Gasteiger charge is -2.09. The van der Waals surface area contributed by atoms with Crippen LogP contribution in [0.4, 0.5) is 8.78 Å². The lowest BCUT2D eigenvalue weighted by atomic mass is 10.1. The van der Waals surface area contributed by atoms with Crippen LogP contribution in [0.25, 0.3) is 0 Å². The van der Waals surface area contributed by atoms with Crippen LogP contribution in [0.5, 0.6) is 0 Å². The zero-order chi connectivity index (χ0) is 14.5. The number of aliphatic hydroxyl groups is 1. The zero-order valence-corrected chi connectivity index (χ0v) is 11.4. The third-order valence-corrected chi connectivity index (χ3v) is 4.14. The van der Waals surface area contributed by atoms with Crippen LogP contribution in [0, 0.1) is 17.6 Å². The average molecular weight is 293 g/mol. The molecule has 0 amide bonds. The van der Waals surface area contributed by atoms with Gasteiger partial charge in [-0.15, -0.1) is 0 Å². The van der Waals surface area contributed by atoms with E-state index in [9.17, 15) is 17.2 Å². The monoisotopic (exact) mass is 293 g/mol. The van der Waals surface area contributed by atoms with Gasteiger partial charge in [-0.3, -0.25) is 0 Å². The first-order valence-corrected chi connectivity index (χ1v) is 7.40. The van der Waals surface area contributed by atoms with Gasteiger partial charge in [0.1, 0.15) is 16.5 Å². The predicted octanol–water partition coefficient (Wildman–Crippen LogP) is 1.65. The van der Waals surface area contributed by atoms with Crippen molar-refractivity contribution in [2.45, 2.75) is 24.7 Å². The van der Waals surface area contributed by atoms with E-state index in [0.29, 0.717) is 18.9 Å². The van der Waals surface area contributed by atoms with Gasteiger partial charge >= 0.3 is 0 Å². The van der Waals surface area contributed by atoms with Crippen molar-refractivity contribution in [2.24, 2.45) is 5.92 Å². The van der Waals surface area contributed by atoms with Gasteiger partial charge in [0.2, 0.25) is 10.0 Å². The summed E-state index contributed by atoms with van der Waals surface area (Å²) in [6.45, 7) is 1.98. The Bertz CT molecular complexity index is 520. The molecule has 1 aromatic carbocycles. The van der Waals surface area contributed by atoms with Gasteiger partial charge in [0, 0.05) is 13.2 Å². The van der Waals surface area contributed by atoms with Gasteiger partial charge in [-0.1, -0.05) is 6.92 Å². The molecule has 0 saturated carbocycles. The lowest BCUT2D eigenvalue weighted by Crippen LogP contribution is -2.26. The Morgan fingerprint density at radius 3 is 2.68 bits per heavy atom. The van der Waals surface area contributed by atoms with Crippen molar-refractivity contribution in [2.75, 3.05) is 13.2 Å². The molecule has 19 heavy (non-hydrogen) atoms. The maximum Gasteiger partial charge on any atom is 0.243 e. The molecular weight excluding hydrogens is 276 g/mol. The maximum absolute atomic E-state index is 13.3. The first kappa shape index (κ1) is 16.0. The summed E-state index contributed by atoms with van der Waals surface area (Å²) in [5.74, 6) is -1.72. The van der Waals surface area contributed by atoms with Gasteiger partial charge in [-0.2, -0.15) is 0 Å². The molecule has 0 aliphatic rings. The van der Waals surface area contributed by atoms with Crippen molar-refractivity contribution in [3.8, 4) is 0 Å². The topological polar surface area (TPSA) is 66.4 Å². The Balaban J connectivity index is 2.64.